The molecule has 0 radical (unpaired) electrons. The number of halogens is 1. The molecule has 1 heterocycles. The van der Waals surface area contributed by atoms with Crippen molar-refractivity contribution in [2.24, 2.45) is 0 Å². The van der Waals surface area contributed by atoms with Crippen LogP contribution in [0.15, 0.2) is 18.3 Å². The number of rotatable bonds is 2. The molecule has 15 heavy (non-hydrogen) atoms. The van der Waals surface area contributed by atoms with Gasteiger partial charge in [0.15, 0.2) is 11.6 Å². The molecule has 0 amide bonds. The van der Waals surface area contributed by atoms with Crippen LogP contribution < -0.4 is 4.74 Å². The van der Waals surface area contributed by atoms with Crippen LogP contribution in [0.5, 0.6) is 5.75 Å². The SMILES string of the molecule is COc1c(F)ccc2[nH]cc(C(=O)O)c12. The quantitative estimate of drug-likeness (QED) is 0.795. The molecule has 0 aliphatic heterocycles. The van der Waals surface area contributed by atoms with Gasteiger partial charge in [-0.3, -0.25) is 0 Å². The van der Waals surface area contributed by atoms with Crippen molar-refractivity contribution in [3.63, 3.8) is 0 Å². The maximum Gasteiger partial charge on any atom is 0.338 e. The van der Waals surface area contributed by atoms with Crippen LogP contribution in [-0.2, 0) is 0 Å². The number of nitrogens with one attached hydrogen (secondary N) is 1. The number of H-pyrrole nitrogens is 1. The molecule has 1 aromatic carbocycles. The lowest BCUT2D eigenvalue weighted by molar-refractivity contribution is 0.0699. The van der Waals surface area contributed by atoms with E-state index in [4.69, 9.17) is 9.84 Å². The maximum atomic E-state index is 13.3. The summed E-state index contributed by atoms with van der Waals surface area (Å²) in [5, 5.41) is 9.14. The van der Waals surface area contributed by atoms with Crippen LogP contribution in [0.2, 0.25) is 0 Å². The molecule has 2 aromatic rings. The van der Waals surface area contributed by atoms with E-state index in [1.54, 1.807) is 0 Å². The first-order valence-electron chi connectivity index (χ1n) is 4.22. The van der Waals surface area contributed by atoms with Crippen molar-refractivity contribution >= 4 is 16.9 Å². The van der Waals surface area contributed by atoms with Gasteiger partial charge in [0.1, 0.15) is 0 Å². The normalized spacial score (nSPS) is 10.5. The van der Waals surface area contributed by atoms with Crippen molar-refractivity contribution in [2.45, 2.75) is 0 Å². The lowest BCUT2D eigenvalue weighted by Crippen LogP contribution is -1.96. The van der Waals surface area contributed by atoms with Gasteiger partial charge in [-0.05, 0) is 12.1 Å². The Hall–Kier alpha value is -2.04. The van der Waals surface area contributed by atoms with Crippen molar-refractivity contribution < 1.29 is 19.0 Å². The lowest BCUT2D eigenvalue weighted by Gasteiger charge is -2.03. The minimum absolute atomic E-state index is 0.00125. The summed E-state index contributed by atoms with van der Waals surface area (Å²) in [6.45, 7) is 0. The van der Waals surface area contributed by atoms with E-state index in [0.717, 1.165) is 0 Å². The molecule has 0 atom stereocenters. The number of fused-ring (bicyclic) bond motifs is 1. The zero-order chi connectivity index (χ0) is 11.0. The van der Waals surface area contributed by atoms with Crippen molar-refractivity contribution in [3.8, 4) is 5.75 Å². The molecule has 2 N–H and O–H groups in total. The molecule has 1 aromatic heterocycles. The summed E-state index contributed by atoms with van der Waals surface area (Å²) in [5.41, 5.74) is 0.534. The molecular formula is C10H8FNO3. The van der Waals surface area contributed by atoms with Crippen molar-refractivity contribution in [3.05, 3.63) is 29.7 Å². The highest BCUT2D eigenvalue weighted by Crippen LogP contribution is 2.31. The molecule has 0 saturated heterocycles. The number of carboxylic acids is 1. The van der Waals surface area contributed by atoms with Crippen LogP contribution in [0.1, 0.15) is 10.4 Å². The first-order valence-corrected chi connectivity index (χ1v) is 4.22. The van der Waals surface area contributed by atoms with E-state index < -0.39 is 11.8 Å². The van der Waals surface area contributed by atoms with E-state index in [2.05, 4.69) is 4.98 Å². The molecule has 0 aliphatic carbocycles. The number of methoxy groups -OCH3 is 1. The fourth-order valence-corrected chi connectivity index (χ4v) is 1.54. The van der Waals surface area contributed by atoms with E-state index in [1.807, 2.05) is 0 Å². The van der Waals surface area contributed by atoms with Crippen molar-refractivity contribution in [1.82, 2.24) is 4.98 Å². The highest BCUT2D eigenvalue weighted by atomic mass is 19.1. The van der Waals surface area contributed by atoms with E-state index in [-0.39, 0.29) is 16.7 Å². The summed E-state index contributed by atoms with van der Waals surface area (Å²) >= 11 is 0. The topological polar surface area (TPSA) is 62.3 Å². The third-order valence-electron chi connectivity index (χ3n) is 2.19. The average molecular weight is 209 g/mol. The second-order valence-electron chi connectivity index (χ2n) is 3.01. The summed E-state index contributed by atoms with van der Waals surface area (Å²) in [7, 11) is 1.30. The Morgan fingerprint density at radius 3 is 2.87 bits per heavy atom. The Balaban J connectivity index is 2.86. The van der Waals surface area contributed by atoms with Gasteiger partial charge in [-0.25, -0.2) is 9.18 Å². The number of aromatic amines is 1. The number of hydrogen-bond acceptors (Lipinski definition) is 2. The summed E-state index contributed by atoms with van der Waals surface area (Å²) in [5.74, 6) is -1.75. The second kappa shape index (κ2) is 3.27. The van der Waals surface area contributed by atoms with Crippen LogP contribution in [-0.4, -0.2) is 23.2 Å². The largest absolute Gasteiger partial charge is 0.493 e. The summed E-state index contributed by atoms with van der Waals surface area (Å²) in [6.07, 6.45) is 1.31. The Kier molecular flexibility index (Phi) is 2.07. The summed E-state index contributed by atoms with van der Waals surface area (Å²) in [6, 6.07) is 2.70. The number of benzene rings is 1. The molecule has 0 unspecified atom stereocenters. The van der Waals surface area contributed by atoms with Crippen LogP contribution in [0, 0.1) is 5.82 Å². The maximum absolute atomic E-state index is 13.3. The van der Waals surface area contributed by atoms with Gasteiger partial charge in [-0.2, -0.15) is 0 Å². The predicted molar refractivity (Wildman–Crippen MR) is 51.8 cm³/mol. The standard InChI is InChI=1S/C10H8FNO3/c1-15-9-6(11)2-3-7-8(9)5(4-12-7)10(13)14/h2-4,12H,1H3,(H,13,14). The van der Waals surface area contributed by atoms with Crippen LogP contribution in [0.25, 0.3) is 10.9 Å². The van der Waals surface area contributed by atoms with Gasteiger partial charge in [0, 0.05) is 6.20 Å². The van der Waals surface area contributed by atoms with Crippen LogP contribution in [0.3, 0.4) is 0 Å². The van der Waals surface area contributed by atoms with Crippen molar-refractivity contribution in [2.75, 3.05) is 7.11 Å². The van der Waals surface area contributed by atoms with E-state index in [0.29, 0.717) is 5.52 Å². The minimum Gasteiger partial charge on any atom is -0.493 e. The average Bonchev–Trinajstić information content (AvgIpc) is 2.61. The third-order valence-corrected chi connectivity index (χ3v) is 2.19. The monoisotopic (exact) mass is 209 g/mol. The second-order valence-corrected chi connectivity index (χ2v) is 3.01. The van der Waals surface area contributed by atoms with Crippen molar-refractivity contribution in [1.29, 1.82) is 0 Å². The number of hydrogen-bond donors (Lipinski definition) is 2. The highest BCUT2D eigenvalue weighted by Gasteiger charge is 2.17. The van der Waals surface area contributed by atoms with E-state index in [9.17, 15) is 9.18 Å². The van der Waals surface area contributed by atoms with Gasteiger partial charge in [0.2, 0.25) is 0 Å². The number of aromatic carboxylic acids is 1. The Morgan fingerprint density at radius 2 is 2.27 bits per heavy atom. The Labute approximate surface area is 84.3 Å². The molecular weight excluding hydrogens is 201 g/mol. The molecule has 0 bridgehead atoms. The zero-order valence-corrected chi connectivity index (χ0v) is 7.87. The number of carbonyl (C=O) groups is 1. The van der Waals surface area contributed by atoms with Gasteiger partial charge >= 0.3 is 5.97 Å². The Bertz CT molecular complexity index is 533. The van der Waals surface area contributed by atoms with Crippen LogP contribution in [0.4, 0.5) is 4.39 Å². The lowest BCUT2D eigenvalue weighted by atomic mass is 10.1. The summed E-state index contributed by atoms with van der Waals surface area (Å²) < 4.78 is 18.2. The fraction of sp³-hybridized carbons (Fsp3) is 0.100. The van der Waals surface area contributed by atoms with Gasteiger partial charge in [0.25, 0.3) is 0 Å². The van der Waals surface area contributed by atoms with E-state index >= 15 is 0 Å². The van der Waals surface area contributed by atoms with Gasteiger partial charge in [0.05, 0.1) is 23.6 Å². The smallest absolute Gasteiger partial charge is 0.338 e. The minimum atomic E-state index is -1.12. The highest BCUT2D eigenvalue weighted by molar-refractivity contribution is 6.05. The first kappa shape index (κ1) is 9.51. The van der Waals surface area contributed by atoms with Gasteiger partial charge < -0.3 is 14.8 Å². The molecule has 0 fully saturated rings. The molecule has 5 heteroatoms. The molecule has 2 rings (SSSR count). The van der Waals surface area contributed by atoms with Gasteiger partial charge in [-0.15, -0.1) is 0 Å². The number of aromatic nitrogens is 1. The number of carboxylic acid groups (broad SMARTS) is 1. The van der Waals surface area contributed by atoms with Gasteiger partial charge in [-0.1, -0.05) is 0 Å². The molecule has 0 aliphatic rings. The Morgan fingerprint density at radius 1 is 1.53 bits per heavy atom. The molecule has 78 valence electrons. The predicted octanol–water partition coefficient (Wildman–Crippen LogP) is 2.01. The first-order chi connectivity index (χ1) is 7.15. The number of ether oxygens (including phenoxy) is 1. The molecule has 0 spiro atoms. The molecule has 4 nitrogen and oxygen atoms in total. The summed E-state index contributed by atoms with van der Waals surface area (Å²) in [4.78, 5) is 13.6. The molecule has 0 saturated carbocycles. The third kappa shape index (κ3) is 1.32. The van der Waals surface area contributed by atoms with Crippen LogP contribution >= 0.6 is 0 Å². The fourth-order valence-electron chi connectivity index (χ4n) is 1.54. The van der Waals surface area contributed by atoms with E-state index in [1.165, 1.54) is 25.4 Å². The zero-order valence-electron chi connectivity index (χ0n) is 7.87.